The Labute approximate surface area is 130 Å². The maximum Gasteiger partial charge on any atom is 0.240 e. The summed E-state index contributed by atoms with van der Waals surface area (Å²) < 4.78 is 2.10. The minimum absolute atomic E-state index is 0.0666. The molecule has 1 aliphatic carbocycles. The molecule has 1 aromatic heterocycles. The van der Waals surface area contributed by atoms with E-state index >= 15 is 0 Å². The van der Waals surface area contributed by atoms with Crippen LogP contribution in [-0.2, 0) is 9.59 Å². The van der Waals surface area contributed by atoms with Gasteiger partial charge in [-0.1, -0.05) is 12.8 Å². The molecular weight excluding hydrogens is 282 g/mol. The van der Waals surface area contributed by atoms with Crippen molar-refractivity contribution < 1.29 is 9.59 Å². The van der Waals surface area contributed by atoms with Crippen LogP contribution in [0.4, 0.5) is 0 Å². The molecule has 120 valence electrons. The number of likely N-dealkylation sites (tertiary alicyclic amines) is 1. The van der Waals surface area contributed by atoms with Crippen molar-refractivity contribution in [2.75, 3.05) is 13.1 Å². The van der Waals surface area contributed by atoms with Crippen LogP contribution >= 0.6 is 0 Å². The topological polar surface area (TPSA) is 80.1 Å². The zero-order valence-electron chi connectivity index (χ0n) is 13.0. The van der Waals surface area contributed by atoms with E-state index in [0.717, 1.165) is 25.1 Å². The number of amides is 2. The fourth-order valence-corrected chi connectivity index (χ4v) is 3.42. The van der Waals surface area contributed by atoms with Crippen LogP contribution in [0.5, 0.6) is 0 Å². The van der Waals surface area contributed by atoms with Crippen LogP contribution in [0.1, 0.15) is 63.4 Å². The first-order valence-electron chi connectivity index (χ1n) is 8.11. The summed E-state index contributed by atoms with van der Waals surface area (Å²) in [6.07, 6.45) is 7.93. The van der Waals surface area contributed by atoms with Crippen LogP contribution < -0.4 is 5.32 Å². The zero-order valence-corrected chi connectivity index (χ0v) is 13.0. The van der Waals surface area contributed by atoms with E-state index in [-0.39, 0.29) is 24.4 Å². The SMILES string of the molecule is CC(NC(=O)CN1CCCC1=O)c1nncn1C1CCCC1. The van der Waals surface area contributed by atoms with Crippen LogP contribution in [0.3, 0.4) is 0 Å². The van der Waals surface area contributed by atoms with Crippen molar-refractivity contribution >= 4 is 11.8 Å². The lowest BCUT2D eigenvalue weighted by atomic mass is 10.2. The summed E-state index contributed by atoms with van der Waals surface area (Å²) in [6, 6.07) is 0.248. The average molecular weight is 305 g/mol. The third kappa shape index (κ3) is 3.13. The first-order valence-corrected chi connectivity index (χ1v) is 8.11. The summed E-state index contributed by atoms with van der Waals surface area (Å²) >= 11 is 0. The Morgan fingerprint density at radius 2 is 2.18 bits per heavy atom. The molecule has 2 amide bonds. The first kappa shape index (κ1) is 15.0. The number of carbonyl (C=O) groups is 2. The maximum absolute atomic E-state index is 12.1. The minimum atomic E-state index is -0.201. The second kappa shape index (κ2) is 6.46. The molecule has 3 rings (SSSR count). The van der Waals surface area contributed by atoms with Gasteiger partial charge in [0.1, 0.15) is 6.33 Å². The number of nitrogens with zero attached hydrogens (tertiary/aromatic N) is 4. The molecule has 1 saturated carbocycles. The summed E-state index contributed by atoms with van der Waals surface area (Å²) in [7, 11) is 0. The number of nitrogens with one attached hydrogen (secondary N) is 1. The molecule has 1 N–H and O–H groups in total. The van der Waals surface area contributed by atoms with E-state index in [4.69, 9.17) is 0 Å². The van der Waals surface area contributed by atoms with E-state index < -0.39 is 0 Å². The Hall–Kier alpha value is -1.92. The predicted octanol–water partition coefficient (Wildman–Crippen LogP) is 1.19. The molecule has 1 unspecified atom stereocenters. The maximum atomic E-state index is 12.1. The Balaban J connectivity index is 1.59. The van der Waals surface area contributed by atoms with E-state index in [9.17, 15) is 9.59 Å². The molecule has 1 atom stereocenters. The summed E-state index contributed by atoms with van der Waals surface area (Å²) in [5, 5.41) is 11.1. The molecule has 7 heteroatoms. The number of rotatable bonds is 5. The van der Waals surface area contributed by atoms with E-state index in [1.807, 2.05) is 6.92 Å². The summed E-state index contributed by atoms with van der Waals surface area (Å²) in [4.78, 5) is 25.3. The molecule has 0 spiro atoms. The van der Waals surface area contributed by atoms with E-state index in [1.54, 1.807) is 11.2 Å². The van der Waals surface area contributed by atoms with Gasteiger partial charge in [-0.25, -0.2) is 0 Å². The van der Waals surface area contributed by atoms with Crippen LogP contribution in [-0.4, -0.2) is 44.6 Å². The molecule has 2 heterocycles. The highest BCUT2D eigenvalue weighted by atomic mass is 16.2. The average Bonchev–Trinajstić information content (AvgIpc) is 3.19. The third-order valence-electron chi connectivity index (χ3n) is 4.59. The largest absolute Gasteiger partial charge is 0.345 e. The standard InChI is InChI=1S/C15H23N5O2/c1-11(17-13(21)9-19-8-4-7-14(19)22)15-18-16-10-20(15)12-5-2-3-6-12/h10-12H,2-9H2,1H3,(H,17,21). The molecule has 2 fully saturated rings. The monoisotopic (exact) mass is 305 g/mol. The highest BCUT2D eigenvalue weighted by Gasteiger charge is 2.26. The fraction of sp³-hybridized carbons (Fsp3) is 0.733. The lowest BCUT2D eigenvalue weighted by Gasteiger charge is -2.20. The van der Waals surface area contributed by atoms with Gasteiger partial charge in [-0.05, 0) is 26.2 Å². The van der Waals surface area contributed by atoms with Gasteiger partial charge in [-0.15, -0.1) is 10.2 Å². The lowest BCUT2D eigenvalue weighted by Crippen LogP contribution is -2.39. The molecule has 22 heavy (non-hydrogen) atoms. The van der Waals surface area contributed by atoms with Crippen molar-refractivity contribution in [1.82, 2.24) is 25.0 Å². The van der Waals surface area contributed by atoms with Gasteiger partial charge in [0.25, 0.3) is 0 Å². The Kier molecular flexibility index (Phi) is 4.40. The van der Waals surface area contributed by atoms with Crippen molar-refractivity contribution in [2.24, 2.45) is 0 Å². The lowest BCUT2D eigenvalue weighted by molar-refractivity contribution is -0.133. The van der Waals surface area contributed by atoms with E-state index in [1.165, 1.54) is 12.8 Å². The van der Waals surface area contributed by atoms with Gasteiger partial charge >= 0.3 is 0 Å². The second-order valence-corrected chi connectivity index (χ2v) is 6.24. The van der Waals surface area contributed by atoms with Crippen LogP contribution in [0.2, 0.25) is 0 Å². The van der Waals surface area contributed by atoms with Crippen molar-refractivity contribution in [3.8, 4) is 0 Å². The van der Waals surface area contributed by atoms with Gasteiger partial charge in [0.05, 0.1) is 12.6 Å². The fourth-order valence-electron chi connectivity index (χ4n) is 3.42. The second-order valence-electron chi connectivity index (χ2n) is 6.24. The van der Waals surface area contributed by atoms with Gasteiger partial charge in [-0.2, -0.15) is 0 Å². The van der Waals surface area contributed by atoms with Crippen molar-refractivity contribution in [3.63, 3.8) is 0 Å². The zero-order chi connectivity index (χ0) is 15.5. The van der Waals surface area contributed by atoms with E-state index in [0.29, 0.717) is 19.0 Å². The molecule has 0 bridgehead atoms. The molecule has 0 radical (unpaired) electrons. The van der Waals surface area contributed by atoms with Crippen LogP contribution in [0, 0.1) is 0 Å². The summed E-state index contributed by atoms with van der Waals surface area (Å²) in [5.74, 6) is 0.730. The molecular formula is C15H23N5O2. The van der Waals surface area contributed by atoms with Gasteiger partial charge in [0, 0.05) is 19.0 Å². The van der Waals surface area contributed by atoms with Crippen molar-refractivity contribution in [3.05, 3.63) is 12.2 Å². The number of hydrogen-bond donors (Lipinski definition) is 1. The van der Waals surface area contributed by atoms with Gasteiger partial charge in [-0.3, -0.25) is 9.59 Å². The molecule has 7 nitrogen and oxygen atoms in total. The quantitative estimate of drug-likeness (QED) is 0.886. The van der Waals surface area contributed by atoms with E-state index in [2.05, 4.69) is 20.1 Å². The Bertz CT molecular complexity index is 550. The highest BCUT2D eigenvalue weighted by Crippen LogP contribution is 2.31. The normalized spacial score (nSPS) is 20.6. The number of aromatic nitrogens is 3. The number of hydrogen-bond acceptors (Lipinski definition) is 4. The molecule has 1 aromatic rings. The van der Waals surface area contributed by atoms with Crippen LogP contribution in [0.15, 0.2) is 6.33 Å². The first-order chi connectivity index (χ1) is 10.6. The molecule has 2 aliphatic rings. The summed E-state index contributed by atoms with van der Waals surface area (Å²) in [6.45, 7) is 2.73. The smallest absolute Gasteiger partial charge is 0.240 e. The molecule has 0 aromatic carbocycles. The molecule has 1 aliphatic heterocycles. The Morgan fingerprint density at radius 1 is 1.41 bits per heavy atom. The van der Waals surface area contributed by atoms with Gasteiger partial charge < -0.3 is 14.8 Å². The van der Waals surface area contributed by atoms with Crippen molar-refractivity contribution in [2.45, 2.75) is 57.5 Å². The number of carbonyl (C=O) groups excluding carboxylic acids is 2. The highest BCUT2D eigenvalue weighted by molar-refractivity contribution is 5.85. The minimum Gasteiger partial charge on any atom is -0.345 e. The summed E-state index contributed by atoms with van der Waals surface area (Å²) in [5.41, 5.74) is 0. The van der Waals surface area contributed by atoms with Crippen LogP contribution in [0.25, 0.3) is 0 Å². The van der Waals surface area contributed by atoms with Gasteiger partial charge in [0.15, 0.2) is 5.82 Å². The molecule has 1 saturated heterocycles. The van der Waals surface area contributed by atoms with Crippen molar-refractivity contribution in [1.29, 1.82) is 0 Å². The predicted molar refractivity (Wildman–Crippen MR) is 79.9 cm³/mol. The van der Waals surface area contributed by atoms with Gasteiger partial charge in [0.2, 0.25) is 11.8 Å². The Morgan fingerprint density at radius 3 is 2.86 bits per heavy atom. The third-order valence-corrected chi connectivity index (χ3v) is 4.59.